The Morgan fingerprint density at radius 2 is 0.945 bits per heavy atom. The molecule has 0 fully saturated rings. The zero-order valence-corrected chi connectivity index (χ0v) is 38.0. The minimum Gasteiger partial charge on any atom is -0.756 e. The van der Waals surface area contributed by atoms with Gasteiger partial charge in [-0.05, 0) is 38.5 Å². The largest absolute Gasteiger partial charge is 0.756 e. The molecule has 0 aromatic heterocycles. The van der Waals surface area contributed by atoms with Gasteiger partial charge in [0.25, 0.3) is 7.82 Å². The molecule has 2 unspecified atom stereocenters. The van der Waals surface area contributed by atoms with E-state index in [1.165, 1.54) is 154 Å². The van der Waals surface area contributed by atoms with E-state index in [9.17, 15) is 14.3 Å². The summed E-state index contributed by atoms with van der Waals surface area (Å²) in [4.78, 5) is 25.1. The van der Waals surface area contributed by atoms with Crippen molar-refractivity contribution < 1.29 is 37.3 Å². The third-order valence-corrected chi connectivity index (χ3v) is 11.3. The van der Waals surface area contributed by atoms with Crippen LogP contribution in [0, 0.1) is 0 Å². The number of quaternary nitrogens is 1. The van der Waals surface area contributed by atoms with Crippen LogP contribution >= 0.6 is 7.82 Å². The first-order valence-corrected chi connectivity index (χ1v) is 24.9. The van der Waals surface area contributed by atoms with Crippen LogP contribution in [0.25, 0.3) is 0 Å². The van der Waals surface area contributed by atoms with E-state index < -0.39 is 13.9 Å². The predicted molar refractivity (Wildman–Crippen MR) is 231 cm³/mol. The first-order chi connectivity index (χ1) is 26.6. The number of rotatable bonds is 44. The molecular formula is C46H92NO7P. The molecule has 0 aromatic rings. The first-order valence-electron chi connectivity index (χ1n) is 23.4. The van der Waals surface area contributed by atoms with E-state index in [1.54, 1.807) is 0 Å². The van der Waals surface area contributed by atoms with Crippen molar-refractivity contribution in [3.8, 4) is 0 Å². The van der Waals surface area contributed by atoms with Crippen LogP contribution in [0.15, 0.2) is 12.2 Å². The molecule has 2 atom stereocenters. The highest BCUT2D eigenvalue weighted by atomic mass is 31.2. The molecule has 9 heteroatoms. The second-order valence-electron chi connectivity index (χ2n) is 17.1. The molecular weight excluding hydrogens is 709 g/mol. The van der Waals surface area contributed by atoms with Crippen LogP contribution in [-0.2, 0) is 27.9 Å². The quantitative estimate of drug-likeness (QED) is 0.0199. The number of carbonyl (C=O) groups excluding carboxylic acids is 1. The monoisotopic (exact) mass is 802 g/mol. The van der Waals surface area contributed by atoms with E-state index in [1.807, 2.05) is 21.1 Å². The normalized spacial score (nSPS) is 13.8. The van der Waals surface area contributed by atoms with Gasteiger partial charge in [-0.25, -0.2) is 0 Å². The van der Waals surface area contributed by atoms with Crippen LogP contribution < -0.4 is 4.89 Å². The molecule has 0 saturated carbocycles. The lowest BCUT2D eigenvalue weighted by Gasteiger charge is -2.28. The Kier molecular flexibility index (Phi) is 39.5. The maximum absolute atomic E-state index is 12.7. The zero-order valence-electron chi connectivity index (χ0n) is 37.1. The molecule has 8 nitrogen and oxygen atoms in total. The third-order valence-electron chi connectivity index (χ3n) is 10.3. The van der Waals surface area contributed by atoms with Gasteiger partial charge in [-0.3, -0.25) is 9.36 Å². The van der Waals surface area contributed by atoms with Gasteiger partial charge in [0.05, 0.1) is 34.4 Å². The van der Waals surface area contributed by atoms with Crippen molar-refractivity contribution in [3.63, 3.8) is 0 Å². The fourth-order valence-electron chi connectivity index (χ4n) is 6.66. The molecule has 0 aliphatic carbocycles. The Bertz CT molecular complexity index is 894. The molecule has 0 aromatic carbocycles. The molecule has 0 heterocycles. The number of hydrogen-bond donors (Lipinski definition) is 0. The average molecular weight is 802 g/mol. The molecule has 55 heavy (non-hydrogen) atoms. The number of hydrogen-bond acceptors (Lipinski definition) is 7. The highest BCUT2D eigenvalue weighted by Crippen LogP contribution is 2.38. The van der Waals surface area contributed by atoms with Gasteiger partial charge < -0.3 is 27.9 Å². The lowest BCUT2D eigenvalue weighted by Crippen LogP contribution is -2.37. The Morgan fingerprint density at radius 1 is 0.545 bits per heavy atom. The zero-order chi connectivity index (χ0) is 40.6. The van der Waals surface area contributed by atoms with E-state index >= 15 is 0 Å². The summed E-state index contributed by atoms with van der Waals surface area (Å²) in [6.45, 7) is 5.44. The number of ether oxygens (including phenoxy) is 2. The van der Waals surface area contributed by atoms with Crippen molar-refractivity contribution >= 4 is 13.8 Å². The van der Waals surface area contributed by atoms with Gasteiger partial charge >= 0.3 is 5.97 Å². The van der Waals surface area contributed by atoms with Gasteiger partial charge in [-0.1, -0.05) is 187 Å². The summed E-state index contributed by atoms with van der Waals surface area (Å²) in [6.07, 6.45) is 43.6. The van der Waals surface area contributed by atoms with Gasteiger partial charge in [-0.15, -0.1) is 0 Å². The summed E-state index contributed by atoms with van der Waals surface area (Å²) < 4.78 is 34.6. The molecule has 0 saturated heterocycles. The standard InChI is InChI=1S/C46H92NO7P/c1-6-8-10-12-14-16-18-20-22-23-24-26-28-30-32-34-36-38-41-51-43-45(44-53-55(49,50)52-42-40-47(3,4)5)54-46(48)39-37-35-33-31-29-27-25-21-19-17-15-13-11-9-7-2/h21,25,45H,6-20,22-24,26-44H2,1-5H3/b25-21-. The lowest BCUT2D eigenvalue weighted by atomic mass is 10.0. The number of allylic oxidation sites excluding steroid dienone is 2. The highest BCUT2D eigenvalue weighted by Gasteiger charge is 2.20. The van der Waals surface area contributed by atoms with Gasteiger partial charge in [0.1, 0.15) is 19.3 Å². The van der Waals surface area contributed by atoms with Gasteiger partial charge in [0.15, 0.2) is 0 Å². The van der Waals surface area contributed by atoms with E-state index in [-0.39, 0.29) is 25.8 Å². The molecule has 328 valence electrons. The van der Waals surface area contributed by atoms with E-state index in [0.29, 0.717) is 24.1 Å². The number of phosphoric acid groups is 1. The fourth-order valence-corrected chi connectivity index (χ4v) is 7.39. The average Bonchev–Trinajstić information content (AvgIpc) is 3.13. The molecule has 0 aliphatic heterocycles. The molecule has 0 bridgehead atoms. The summed E-state index contributed by atoms with van der Waals surface area (Å²) in [5, 5.41) is 0. The maximum Gasteiger partial charge on any atom is 0.306 e. The smallest absolute Gasteiger partial charge is 0.306 e. The fraction of sp³-hybridized carbons (Fsp3) is 0.935. The molecule has 0 amide bonds. The van der Waals surface area contributed by atoms with Crippen LogP contribution in [-0.4, -0.2) is 70.7 Å². The molecule has 0 radical (unpaired) electrons. The second-order valence-corrected chi connectivity index (χ2v) is 18.5. The van der Waals surface area contributed by atoms with Crippen LogP contribution in [0.2, 0.25) is 0 Å². The summed E-state index contributed by atoms with van der Waals surface area (Å²) in [6, 6.07) is 0. The van der Waals surface area contributed by atoms with Crippen molar-refractivity contribution in [2.45, 2.75) is 225 Å². The number of unbranched alkanes of at least 4 members (excludes halogenated alkanes) is 28. The Hall–Kier alpha value is -0.760. The SMILES string of the molecule is CCCCCCCC/C=C\CCCCCCCC(=O)OC(COCCCCCCCCCCCCCCCCCCCC)COP(=O)([O-])OCC[N+](C)(C)C. The van der Waals surface area contributed by atoms with Crippen molar-refractivity contribution in [1.82, 2.24) is 0 Å². The number of nitrogens with zero attached hydrogens (tertiary/aromatic N) is 1. The molecule has 0 N–H and O–H groups in total. The molecule has 0 aliphatic rings. The van der Waals surface area contributed by atoms with Gasteiger partial charge in [0.2, 0.25) is 0 Å². The summed E-state index contributed by atoms with van der Waals surface area (Å²) >= 11 is 0. The molecule has 0 spiro atoms. The third kappa shape index (κ3) is 44.2. The summed E-state index contributed by atoms with van der Waals surface area (Å²) in [5.74, 6) is -0.338. The Balaban J connectivity index is 4.17. The van der Waals surface area contributed by atoms with Crippen LogP contribution in [0.5, 0.6) is 0 Å². The number of esters is 1. The van der Waals surface area contributed by atoms with Crippen molar-refractivity contribution in [3.05, 3.63) is 12.2 Å². The Labute approximate surface area is 341 Å². The number of phosphoric ester groups is 1. The van der Waals surface area contributed by atoms with Crippen LogP contribution in [0.3, 0.4) is 0 Å². The van der Waals surface area contributed by atoms with Gasteiger partial charge in [-0.2, -0.15) is 0 Å². The highest BCUT2D eigenvalue weighted by molar-refractivity contribution is 7.45. The maximum atomic E-state index is 12.7. The minimum absolute atomic E-state index is 0.0278. The van der Waals surface area contributed by atoms with Crippen LogP contribution in [0.1, 0.15) is 219 Å². The number of carbonyl (C=O) groups is 1. The second kappa shape index (κ2) is 40.0. The lowest BCUT2D eigenvalue weighted by molar-refractivity contribution is -0.870. The van der Waals surface area contributed by atoms with E-state index in [2.05, 4.69) is 26.0 Å². The molecule has 0 rings (SSSR count). The van der Waals surface area contributed by atoms with Crippen molar-refractivity contribution in [2.24, 2.45) is 0 Å². The van der Waals surface area contributed by atoms with E-state index in [0.717, 1.165) is 44.9 Å². The van der Waals surface area contributed by atoms with Crippen molar-refractivity contribution in [2.75, 3.05) is 54.1 Å². The van der Waals surface area contributed by atoms with Gasteiger partial charge in [0, 0.05) is 13.0 Å². The number of likely N-dealkylation sites (N-methyl/N-ethyl adjacent to an activating group) is 1. The first kappa shape index (κ1) is 54.2. The van der Waals surface area contributed by atoms with Crippen LogP contribution in [0.4, 0.5) is 0 Å². The Morgan fingerprint density at radius 3 is 1.38 bits per heavy atom. The minimum atomic E-state index is -4.52. The summed E-state index contributed by atoms with van der Waals surface area (Å²) in [5.41, 5.74) is 0. The summed E-state index contributed by atoms with van der Waals surface area (Å²) in [7, 11) is 1.36. The topological polar surface area (TPSA) is 94.1 Å². The van der Waals surface area contributed by atoms with E-state index in [4.69, 9.17) is 18.5 Å². The predicted octanol–water partition coefficient (Wildman–Crippen LogP) is 13.2. The van der Waals surface area contributed by atoms with Crippen molar-refractivity contribution in [1.29, 1.82) is 0 Å².